The highest BCUT2D eigenvalue weighted by atomic mass is 35.5. The van der Waals surface area contributed by atoms with Gasteiger partial charge < -0.3 is 14.2 Å². The van der Waals surface area contributed by atoms with Gasteiger partial charge in [0.1, 0.15) is 0 Å². The van der Waals surface area contributed by atoms with Gasteiger partial charge in [0, 0.05) is 18.7 Å². The number of ketones is 1. The van der Waals surface area contributed by atoms with Crippen molar-refractivity contribution in [3.05, 3.63) is 58.6 Å². The molecule has 0 saturated carbocycles. The minimum Gasteiger partial charge on any atom is -0.493 e. The van der Waals surface area contributed by atoms with Crippen molar-refractivity contribution in [1.29, 1.82) is 0 Å². The van der Waals surface area contributed by atoms with Crippen LogP contribution in [0.4, 0.5) is 0 Å². The van der Waals surface area contributed by atoms with Gasteiger partial charge in [0.2, 0.25) is 10.0 Å². The van der Waals surface area contributed by atoms with Crippen molar-refractivity contribution in [3.8, 4) is 11.5 Å². The smallest absolute Gasteiger partial charge is 0.243 e. The van der Waals surface area contributed by atoms with Gasteiger partial charge in [-0.1, -0.05) is 24.6 Å². The minimum absolute atomic E-state index is 0.152. The highest BCUT2D eigenvalue weighted by Gasteiger charge is 2.26. The zero-order valence-electron chi connectivity index (χ0n) is 18.0. The summed E-state index contributed by atoms with van der Waals surface area (Å²) in [6, 6.07) is 9.34. The van der Waals surface area contributed by atoms with Crippen LogP contribution in [0, 0.1) is 0 Å². The maximum absolute atomic E-state index is 12.7. The molecule has 0 N–H and O–H groups in total. The molecule has 1 aliphatic rings. The van der Waals surface area contributed by atoms with E-state index < -0.39 is 10.0 Å². The predicted octanol–water partition coefficient (Wildman–Crippen LogP) is 4.05. The predicted molar refractivity (Wildman–Crippen MR) is 123 cm³/mol. The number of rotatable bonds is 9. The SMILES string of the molecule is CCCOc1c(Cl)cc(C=CC(=O)c2ccc(S(=O)(=O)N3CCOCC3)cc2)cc1OC. The Morgan fingerprint density at radius 3 is 2.50 bits per heavy atom. The molecule has 0 atom stereocenters. The van der Waals surface area contributed by atoms with Crippen LogP contribution in [0.1, 0.15) is 29.3 Å². The Morgan fingerprint density at radius 2 is 1.88 bits per heavy atom. The zero-order valence-corrected chi connectivity index (χ0v) is 19.6. The summed E-state index contributed by atoms with van der Waals surface area (Å²) >= 11 is 6.31. The summed E-state index contributed by atoms with van der Waals surface area (Å²) in [5.41, 5.74) is 1.05. The van der Waals surface area contributed by atoms with E-state index in [0.29, 0.717) is 60.6 Å². The lowest BCUT2D eigenvalue weighted by Crippen LogP contribution is -2.40. The number of carbonyl (C=O) groups is 1. The lowest BCUT2D eigenvalue weighted by atomic mass is 10.1. The summed E-state index contributed by atoms with van der Waals surface area (Å²) in [6.45, 7) is 3.90. The summed E-state index contributed by atoms with van der Waals surface area (Å²) in [5.74, 6) is 0.689. The molecule has 0 spiro atoms. The van der Waals surface area contributed by atoms with Crippen LogP contribution >= 0.6 is 11.6 Å². The second-order valence-corrected chi connectivity index (χ2v) is 9.47. The number of carbonyl (C=O) groups excluding carboxylic acids is 1. The first-order chi connectivity index (χ1) is 15.4. The molecule has 0 unspecified atom stereocenters. The van der Waals surface area contributed by atoms with Crippen LogP contribution < -0.4 is 9.47 Å². The Morgan fingerprint density at radius 1 is 1.19 bits per heavy atom. The highest BCUT2D eigenvalue weighted by Crippen LogP contribution is 2.37. The van der Waals surface area contributed by atoms with E-state index in [-0.39, 0.29) is 10.7 Å². The second-order valence-electron chi connectivity index (χ2n) is 7.12. The van der Waals surface area contributed by atoms with Gasteiger partial charge in [-0.25, -0.2) is 8.42 Å². The third-order valence-electron chi connectivity index (χ3n) is 4.88. The van der Waals surface area contributed by atoms with Gasteiger partial charge in [-0.05, 0) is 54.5 Å². The molecule has 3 rings (SSSR count). The first-order valence-electron chi connectivity index (χ1n) is 10.3. The van der Waals surface area contributed by atoms with Crippen molar-refractivity contribution >= 4 is 33.5 Å². The van der Waals surface area contributed by atoms with Gasteiger partial charge in [0.05, 0.1) is 36.8 Å². The first-order valence-corrected chi connectivity index (χ1v) is 12.1. The summed E-state index contributed by atoms with van der Waals surface area (Å²) in [7, 11) is -2.08. The van der Waals surface area contributed by atoms with Crippen LogP contribution in [0.15, 0.2) is 47.4 Å². The lowest BCUT2D eigenvalue weighted by molar-refractivity contribution is 0.0730. The number of sulfonamides is 1. The molecule has 1 heterocycles. The van der Waals surface area contributed by atoms with E-state index in [1.807, 2.05) is 6.92 Å². The second kappa shape index (κ2) is 11.0. The standard InChI is InChI=1S/C23H26ClNO6S/c1-3-12-31-23-20(24)15-17(16-22(23)29-2)4-9-21(26)18-5-7-19(8-6-18)32(27,28)25-10-13-30-14-11-25/h4-9,15-16H,3,10-14H2,1-2H3. The molecule has 7 nitrogen and oxygen atoms in total. The third kappa shape index (κ3) is 5.69. The molecule has 0 bridgehead atoms. The van der Waals surface area contributed by atoms with Gasteiger partial charge in [-0.15, -0.1) is 0 Å². The molecule has 32 heavy (non-hydrogen) atoms. The Kier molecular flexibility index (Phi) is 8.31. The number of hydrogen-bond donors (Lipinski definition) is 0. The fourth-order valence-corrected chi connectivity index (χ4v) is 4.86. The van der Waals surface area contributed by atoms with Crippen LogP contribution in [0.3, 0.4) is 0 Å². The monoisotopic (exact) mass is 479 g/mol. The van der Waals surface area contributed by atoms with Crippen molar-refractivity contribution < 1.29 is 27.4 Å². The summed E-state index contributed by atoms with van der Waals surface area (Å²) in [4.78, 5) is 12.7. The van der Waals surface area contributed by atoms with E-state index >= 15 is 0 Å². The van der Waals surface area contributed by atoms with Crippen LogP contribution in [0.25, 0.3) is 6.08 Å². The molecule has 0 aromatic heterocycles. The largest absolute Gasteiger partial charge is 0.493 e. The Bertz CT molecular complexity index is 1080. The van der Waals surface area contributed by atoms with Crippen molar-refractivity contribution in [2.75, 3.05) is 40.0 Å². The van der Waals surface area contributed by atoms with Gasteiger partial charge >= 0.3 is 0 Å². The van der Waals surface area contributed by atoms with Crippen LogP contribution in [-0.4, -0.2) is 58.5 Å². The molecule has 2 aromatic rings. The van der Waals surface area contributed by atoms with E-state index in [2.05, 4.69) is 0 Å². The summed E-state index contributed by atoms with van der Waals surface area (Å²) < 4.78 is 43.0. The van der Waals surface area contributed by atoms with Crippen molar-refractivity contribution in [2.45, 2.75) is 18.2 Å². The van der Waals surface area contributed by atoms with Crippen molar-refractivity contribution in [1.82, 2.24) is 4.31 Å². The number of nitrogens with zero attached hydrogens (tertiary/aromatic N) is 1. The van der Waals surface area contributed by atoms with E-state index in [1.54, 1.807) is 18.2 Å². The maximum Gasteiger partial charge on any atom is 0.243 e. The molecule has 9 heteroatoms. The number of allylic oxidation sites excluding steroid dienone is 1. The van der Waals surface area contributed by atoms with Crippen LogP contribution in [-0.2, 0) is 14.8 Å². The Balaban J connectivity index is 1.74. The topological polar surface area (TPSA) is 82.1 Å². The molecule has 1 saturated heterocycles. The number of methoxy groups -OCH3 is 1. The number of ether oxygens (including phenoxy) is 3. The fraction of sp³-hybridized carbons (Fsp3) is 0.348. The van der Waals surface area contributed by atoms with Gasteiger partial charge in [-0.3, -0.25) is 4.79 Å². The van der Waals surface area contributed by atoms with Gasteiger partial charge in [0.15, 0.2) is 17.3 Å². The van der Waals surface area contributed by atoms with E-state index in [4.69, 9.17) is 25.8 Å². The molecule has 0 radical (unpaired) electrons. The average Bonchev–Trinajstić information content (AvgIpc) is 2.82. The molecule has 2 aromatic carbocycles. The normalized spacial score (nSPS) is 15.1. The first kappa shape index (κ1) is 24.3. The number of benzene rings is 2. The van der Waals surface area contributed by atoms with E-state index in [0.717, 1.165) is 6.42 Å². The fourth-order valence-electron chi connectivity index (χ4n) is 3.18. The molecule has 1 aliphatic heterocycles. The lowest BCUT2D eigenvalue weighted by Gasteiger charge is -2.26. The van der Waals surface area contributed by atoms with E-state index in [1.165, 1.54) is 41.8 Å². The molecular formula is C23H26ClNO6S. The Hall–Kier alpha value is -2.39. The summed E-state index contributed by atoms with van der Waals surface area (Å²) in [6.07, 6.45) is 3.87. The average molecular weight is 480 g/mol. The van der Waals surface area contributed by atoms with Crippen molar-refractivity contribution in [2.24, 2.45) is 0 Å². The third-order valence-corrected chi connectivity index (χ3v) is 7.07. The van der Waals surface area contributed by atoms with Crippen molar-refractivity contribution in [3.63, 3.8) is 0 Å². The number of morpholine rings is 1. The molecule has 0 aliphatic carbocycles. The number of halogens is 1. The molecule has 172 valence electrons. The van der Waals surface area contributed by atoms with Gasteiger partial charge in [0.25, 0.3) is 0 Å². The highest BCUT2D eigenvalue weighted by molar-refractivity contribution is 7.89. The quantitative estimate of drug-likeness (QED) is 0.398. The summed E-state index contributed by atoms with van der Waals surface area (Å²) in [5, 5.41) is 0.391. The molecule has 0 amide bonds. The zero-order chi connectivity index (χ0) is 23.1. The number of hydrogen-bond acceptors (Lipinski definition) is 6. The Labute approximate surface area is 193 Å². The minimum atomic E-state index is -3.60. The molecule has 1 fully saturated rings. The van der Waals surface area contributed by atoms with E-state index in [9.17, 15) is 13.2 Å². The molecular weight excluding hydrogens is 454 g/mol. The van der Waals surface area contributed by atoms with Gasteiger partial charge in [-0.2, -0.15) is 4.31 Å². The van der Waals surface area contributed by atoms with Crippen LogP contribution in [0.5, 0.6) is 11.5 Å². The van der Waals surface area contributed by atoms with Crippen LogP contribution in [0.2, 0.25) is 5.02 Å². The maximum atomic E-state index is 12.7.